The second-order valence-corrected chi connectivity index (χ2v) is 6.14. The van der Waals surface area contributed by atoms with Gasteiger partial charge in [0.15, 0.2) is 0 Å². The molecular formula is C15H32N2. The van der Waals surface area contributed by atoms with E-state index in [-0.39, 0.29) is 0 Å². The maximum absolute atomic E-state index is 6.00. The minimum atomic E-state index is 0.416. The van der Waals surface area contributed by atoms with E-state index in [1.165, 1.54) is 51.6 Å². The van der Waals surface area contributed by atoms with Gasteiger partial charge in [-0.05, 0) is 44.6 Å². The molecule has 0 aliphatic heterocycles. The standard InChI is InChI=1S/C15H32N2/c1-4-14(16)8-7-11-17(12-13(2)3)15-9-5-6-10-15/h13-15H,4-12,16H2,1-3H3. The fourth-order valence-electron chi connectivity index (χ4n) is 2.92. The van der Waals surface area contributed by atoms with Crippen molar-refractivity contribution in [2.24, 2.45) is 11.7 Å². The Hall–Kier alpha value is -0.0800. The Labute approximate surface area is 108 Å². The van der Waals surface area contributed by atoms with Gasteiger partial charge in [-0.1, -0.05) is 33.6 Å². The first-order valence-corrected chi connectivity index (χ1v) is 7.63. The first-order valence-electron chi connectivity index (χ1n) is 7.63. The molecule has 0 radical (unpaired) electrons. The molecular weight excluding hydrogens is 208 g/mol. The SMILES string of the molecule is CCC(N)CCCN(CC(C)C)C1CCCC1. The van der Waals surface area contributed by atoms with Gasteiger partial charge in [0.25, 0.3) is 0 Å². The van der Waals surface area contributed by atoms with Gasteiger partial charge < -0.3 is 10.6 Å². The van der Waals surface area contributed by atoms with Gasteiger partial charge in [0.1, 0.15) is 0 Å². The zero-order valence-electron chi connectivity index (χ0n) is 12.1. The molecule has 102 valence electrons. The number of hydrogen-bond donors (Lipinski definition) is 1. The Kier molecular flexibility index (Phi) is 7.14. The van der Waals surface area contributed by atoms with Crippen LogP contribution in [0.3, 0.4) is 0 Å². The van der Waals surface area contributed by atoms with Crippen molar-refractivity contribution in [3.8, 4) is 0 Å². The van der Waals surface area contributed by atoms with E-state index in [2.05, 4.69) is 25.7 Å². The molecule has 1 unspecified atom stereocenters. The van der Waals surface area contributed by atoms with E-state index >= 15 is 0 Å². The van der Waals surface area contributed by atoms with Gasteiger partial charge in [-0.2, -0.15) is 0 Å². The molecule has 1 saturated carbocycles. The van der Waals surface area contributed by atoms with Crippen LogP contribution in [0.15, 0.2) is 0 Å². The monoisotopic (exact) mass is 240 g/mol. The molecule has 0 amide bonds. The summed E-state index contributed by atoms with van der Waals surface area (Å²) in [7, 11) is 0. The molecule has 0 saturated heterocycles. The van der Waals surface area contributed by atoms with E-state index in [1.54, 1.807) is 0 Å². The topological polar surface area (TPSA) is 29.3 Å². The van der Waals surface area contributed by atoms with Crippen LogP contribution in [-0.4, -0.2) is 30.1 Å². The van der Waals surface area contributed by atoms with E-state index in [9.17, 15) is 0 Å². The molecule has 0 spiro atoms. The van der Waals surface area contributed by atoms with Gasteiger partial charge in [0.2, 0.25) is 0 Å². The van der Waals surface area contributed by atoms with Crippen LogP contribution in [0.5, 0.6) is 0 Å². The molecule has 0 aromatic carbocycles. The highest BCUT2D eigenvalue weighted by Gasteiger charge is 2.22. The number of nitrogens with two attached hydrogens (primary N) is 1. The lowest BCUT2D eigenvalue weighted by molar-refractivity contribution is 0.172. The number of nitrogens with zero attached hydrogens (tertiary/aromatic N) is 1. The molecule has 0 heterocycles. The molecule has 1 aliphatic rings. The van der Waals surface area contributed by atoms with Crippen LogP contribution >= 0.6 is 0 Å². The summed E-state index contributed by atoms with van der Waals surface area (Å²) in [5.41, 5.74) is 6.00. The molecule has 2 heteroatoms. The lowest BCUT2D eigenvalue weighted by Crippen LogP contribution is -2.37. The van der Waals surface area contributed by atoms with Gasteiger partial charge in [-0.25, -0.2) is 0 Å². The molecule has 17 heavy (non-hydrogen) atoms. The van der Waals surface area contributed by atoms with Gasteiger partial charge in [-0.15, -0.1) is 0 Å². The fraction of sp³-hybridized carbons (Fsp3) is 1.00. The fourth-order valence-corrected chi connectivity index (χ4v) is 2.92. The molecule has 0 aromatic rings. The van der Waals surface area contributed by atoms with Crippen molar-refractivity contribution in [1.82, 2.24) is 4.90 Å². The average molecular weight is 240 g/mol. The summed E-state index contributed by atoms with van der Waals surface area (Å²) in [6.07, 6.45) is 9.31. The summed E-state index contributed by atoms with van der Waals surface area (Å²) in [5.74, 6) is 0.787. The third kappa shape index (κ3) is 5.87. The van der Waals surface area contributed by atoms with Crippen LogP contribution in [0.25, 0.3) is 0 Å². The lowest BCUT2D eigenvalue weighted by Gasteiger charge is -2.30. The van der Waals surface area contributed by atoms with E-state index in [4.69, 9.17) is 5.73 Å². The van der Waals surface area contributed by atoms with E-state index in [0.29, 0.717) is 6.04 Å². The van der Waals surface area contributed by atoms with Crippen LogP contribution in [0.2, 0.25) is 0 Å². The lowest BCUT2D eigenvalue weighted by atomic mass is 10.1. The minimum absolute atomic E-state index is 0.416. The molecule has 1 rings (SSSR count). The molecule has 1 fully saturated rings. The summed E-state index contributed by atoms with van der Waals surface area (Å²) in [5, 5.41) is 0. The van der Waals surface area contributed by atoms with Crippen molar-refractivity contribution >= 4 is 0 Å². The summed E-state index contributed by atoms with van der Waals surface area (Å²) in [6.45, 7) is 9.38. The Bertz CT molecular complexity index is 185. The van der Waals surface area contributed by atoms with E-state index in [0.717, 1.165) is 18.4 Å². The highest BCUT2D eigenvalue weighted by Crippen LogP contribution is 2.24. The highest BCUT2D eigenvalue weighted by molar-refractivity contribution is 4.78. The molecule has 2 nitrogen and oxygen atoms in total. The average Bonchev–Trinajstić information content (AvgIpc) is 2.80. The van der Waals surface area contributed by atoms with Crippen molar-refractivity contribution in [3.05, 3.63) is 0 Å². The smallest absolute Gasteiger partial charge is 0.00953 e. The largest absolute Gasteiger partial charge is 0.328 e. The highest BCUT2D eigenvalue weighted by atomic mass is 15.2. The zero-order chi connectivity index (χ0) is 12.7. The maximum Gasteiger partial charge on any atom is 0.00953 e. The van der Waals surface area contributed by atoms with Gasteiger partial charge in [0, 0.05) is 18.6 Å². The summed E-state index contributed by atoms with van der Waals surface area (Å²) in [6, 6.07) is 1.29. The first kappa shape index (κ1) is 15.0. The molecule has 1 aliphatic carbocycles. The van der Waals surface area contributed by atoms with Crippen LogP contribution in [0, 0.1) is 5.92 Å². The summed E-state index contributed by atoms with van der Waals surface area (Å²) >= 11 is 0. The van der Waals surface area contributed by atoms with Crippen LogP contribution in [-0.2, 0) is 0 Å². The number of rotatable bonds is 8. The third-order valence-corrected chi connectivity index (χ3v) is 3.99. The normalized spacial score (nSPS) is 19.4. The molecule has 0 bridgehead atoms. The Balaban J connectivity index is 2.29. The quantitative estimate of drug-likeness (QED) is 0.704. The molecule has 2 N–H and O–H groups in total. The van der Waals surface area contributed by atoms with Gasteiger partial charge in [-0.3, -0.25) is 0 Å². The first-order chi connectivity index (χ1) is 8.13. The van der Waals surface area contributed by atoms with E-state index in [1.807, 2.05) is 0 Å². The Morgan fingerprint density at radius 2 is 1.88 bits per heavy atom. The Morgan fingerprint density at radius 3 is 2.41 bits per heavy atom. The van der Waals surface area contributed by atoms with Crippen LogP contribution in [0.4, 0.5) is 0 Å². The predicted molar refractivity (Wildman–Crippen MR) is 76.2 cm³/mol. The van der Waals surface area contributed by atoms with Crippen LogP contribution < -0.4 is 5.73 Å². The van der Waals surface area contributed by atoms with Gasteiger partial charge >= 0.3 is 0 Å². The maximum atomic E-state index is 6.00. The molecule has 0 aromatic heterocycles. The zero-order valence-corrected chi connectivity index (χ0v) is 12.1. The second kappa shape index (κ2) is 8.10. The Morgan fingerprint density at radius 1 is 1.24 bits per heavy atom. The van der Waals surface area contributed by atoms with E-state index < -0.39 is 0 Å². The van der Waals surface area contributed by atoms with Crippen molar-refractivity contribution in [2.45, 2.75) is 77.8 Å². The second-order valence-electron chi connectivity index (χ2n) is 6.14. The molecule has 1 atom stereocenters. The minimum Gasteiger partial charge on any atom is -0.328 e. The number of hydrogen-bond acceptors (Lipinski definition) is 2. The predicted octanol–water partition coefficient (Wildman–Crippen LogP) is 3.40. The van der Waals surface area contributed by atoms with Gasteiger partial charge in [0.05, 0.1) is 0 Å². The summed E-state index contributed by atoms with van der Waals surface area (Å²) < 4.78 is 0. The van der Waals surface area contributed by atoms with Crippen molar-refractivity contribution in [3.63, 3.8) is 0 Å². The van der Waals surface area contributed by atoms with Crippen LogP contribution in [0.1, 0.15) is 65.7 Å². The van der Waals surface area contributed by atoms with Crippen molar-refractivity contribution in [2.75, 3.05) is 13.1 Å². The summed E-state index contributed by atoms with van der Waals surface area (Å²) in [4.78, 5) is 2.74. The third-order valence-electron chi connectivity index (χ3n) is 3.99. The van der Waals surface area contributed by atoms with Crippen molar-refractivity contribution in [1.29, 1.82) is 0 Å². The van der Waals surface area contributed by atoms with Crippen molar-refractivity contribution < 1.29 is 0 Å².